The normalized spacial score (nSPS) is 10.3. The minimum absolute atomic E-state index is 0.153. The van der Waals surface area contributed by atoms with Gasteiger partial charge in [-0.25, -0.2) is 8.78 Å². The van der Waals surface area contributed by atoms with E-state index in [2.05, 4.69) is 21.2 Å². The van der Waals surface area contributed by atoms with Crippen molar-refractivity contribution in [1.82, 2.24) is 5.32 Å². The van der Waals surface area contributed by atoms with E-state index in [-0.39, 0.29) is 4.47 Å². The first-order valence-electron chi connectivity index (χ1n) is 3.43. The van der Waals surface area contributed by atoms with Crippen LogP contribution >= 0.6 is 15.9 Å². The highest BCUT2D eigenvalue weighted by molar-refractivity contribution is 9.10. The first-order chi connectivity index (χ1) is 5.66. The summed E-state index contributed by atoms with van der Waals surface area (Å²) in [5.74, 6) is -1.62. The summed E-state index contributed by atoms with van der Waals surface area (Å²) in [5, 5.41) is 2.75. The second kappa shape index (κ2) is 3.96. The molecule has 0 spiro atoms. The number of halogens is 3. The van der Waals surface area contributed by atoms with E-state index >= 15 is 0 Å². The van der Waals surface area contributed by atoms with Crippen LogP contribution in [0.5, 0.6) is 0 Å². The summed E-state index contributed by atoms with van der Waals surface area (Å²) in [7, 11) is 1.68. The summed E-state index contributed by atoms with van der Waals surface area (Å²) < 4.78 is 26.0. The Kier molecular flexibility index (Phi) is 3.17. The minimum atomic E-state index is -0.831. The third-order valence-corrected chi connectivity index (χ3v) is 2.09. The van der Waals surface area contributed by atoms with Crippen molar-refractivity contribution < 1.29 is 8.78 Å². The molecule has 0 aliphatic rings. The van der Waals surface area contributed by atoms with E-state index in [1.165, 1.54) is 6.07 Å². The fourth-order valence-corrected chi connectivity index (χ4v) is 1.20. The molecular formula is C8H8BrF2N. The van der Waals surface area contributed by atoms with Crippen molar-refractivity contribution in [3.63, 3.8) is 0 Å². The van der Waals surface area contributed by atoms with E-state index in [9.17, 15) is 8.78 Å². The van der Waals surface area contributed by atoms with Gasteiger partial charge in [0.25, 0.3) is 0 Å². The Morgan fingerprint density at radius 2 is 2.00 bits per heavy atom. The highest BCUT2D eigenvalue weighted by atomic mass is 79.9. The lowest BCUT2D eigenvalue weighted by Crippen LogP contribution is -2.08. The molecule has 1 nitrogen and oxygen atoms in total. The molecule has 1 N–H and O–H groups in total. The molecule has 0 saturated carbocycles. The zero-order valence-electron chi connectivity index (χ0n) is 6.50. The zero-order chi connectivity index (χ0) is 9.14. The van der Waals surface area contributed by atoms with Crippen LogP contribution in [0, 0.1) is 11.6 Å². The van der Waals surface area contributed by atoms with Gasteiger partial charge in [0.05, 0.1) is 4.47 Å². The first kappa shape index (κ1) is 9.61. The molecule has 66 valence electrons. The number of nitrogens with one attached hydrogen (secondary N) is 1. The van der Waals surface area contributed by atoms with E-state index in [0.29, 0.717) is 12.1 Å². The Labute approximate surface area is 77.9 Å². The molecule has 0 fully saturated rings. The molecule has 0 aliphatic heterocycles. The lowest BCUT2D eigenvalue weighted by Gasteiger charge is -2.03. The minimum Gasteiger partial charge on any atom is -0.316 e. The van der Waals surface area contributed by atoms with E-state index in [0.717, 1.165) is 0 Å². The zero-order valence-corrected chi connectivity index (χ0v) is 8.08. The highest BCUT2D eigenvalue weighted by Gasteiger charge is 2.10. The van der Waals surface area contributed by atoms with Gasteiger partial charge in [-0.15, -0.1) is 0 Å². The molecule has 1 aromatic rings. The second-order valence-corrected chi connectivity index (χ2v) is 3.22. The highest BCUT2D eigenvalue weighted by Crippen LogP contribution is 2.20. The molecule has 4 heteroatoms. The average molecular weight is 236 g/mol. The van der Waals surface area contributed by atoms with Crippen molar-refractivity contribution in [3.8, 4) is 0 Å². The number of hydrogen-bond acceptors (Lipinski definition) is 1. The SMILES string of the molecule is CNCc1ccc(Br)c(F)c1F. The molecule has 0 saturated heterocycles. The van der Waals surface area contributed by atoms with Gasteiger partial charge in [-0.1, -0.05) is 6.07 Å². The van der Waals surface area contributed by atoms with E-state index in [4.69, 9.17) is 0 Å². The Morgan fingerprint density at radius 1 is 1.33 bits per heavy atom. The average Bonchev–Trinajstić information content (AvgIpc) is 2.07. The third kappa shape index (κ3) is 1.81. The Bertz CT molecular complexity index is 289. The monoisotopic (exact) mass is 235 g/mol. The lowest BCUT2D eigenvalue weighted by atomic mass is 10.2. The van der Waals surface area contributed by atoms with Crippen molar-refractivity contribution in [2.75, 3.05) is 7.05 Å². The van der Waals surface area contributed by atoms with Crippen LogP contribution in [-0.4, -0.2) is 7.05 Å². The standard InChI is InChI=1S/C8H8BrF2N/c1-12-4-5-2-3-6(9)8(11)7(5)10/h2-3,12H,4H2,1H3. The molecule has 0 unspecified atom stereocenters. The largest absolute Gasteiger partial charge is 0.316 e. The molecule has 0 aliphatic carbocycles. The van der Waals surface area contributed by atoms with E-state index < -0.39 is 11.6 Å². The molecule has 0 heterocycles. The van der Waals surface area contributed by atoms with Gasteiger partial charge in [0.2, 0.25) is 0 Å². The molecule has 0 bridgehead atoms. The maximum atomic E-state index is 13.0. The van der Waals surface area contributed by atoms with Crippen LogP contribution < -0.4 is 5.32 Å². The summed E-state index contributed by atoms with van der Waals surface area (Å²) in [4.78, 5) is 0. The van der Waals surface area contributed by atoms with Gasteiger partial charge in [0, 0.05) is 12.1 Å². The van der Waals surface area contributed by atoms with Gasteiger partial charge in [0.15, 0.2) is 11.6 Å². The quantitative estimate of drug-likeness (QED) is 0.777. The summed E-state index contributed by atoms with van der Waals surface area (Å²) in [6, 6.07) is 3.03. The van der Waals surface area contributed by atoms with Crippen LogP contribution in [-0.2, 0) is 6.54 Å². The molecule has 1 rings (SSSR count). The van der Waals surface area contributed by atoms with Crippen molar-refractivity contribution in [2.24, 2.45) is 0 Å². The maximum Gasteiger partial charge on any atom is 0.173 e. The summed E-state index contributed by atoms with van der Waals surface area (Å²) in [6.07, 6.45) is 0. The van der Waals surface area contributed by atoms with Crippen LogP contribution in [0.15, 0.2) is 16.6 Å². The Hall–Kier alpha value is -0.480. The Morgan fingerprint density at radius 3 is 2.58 bits per heavy atom. The molecular weight excluding hydrogens is 228 g/mol. The van der Waals surface area contributed by atoms with Gasteiger partial charge in [-0.05, 0) is 29.0 Å². The van der Waals surface area contributed by atoms with Crippen LogP contribution in [0.1, 0.15) is 5.56 Å². The van der Waals surface area contributed by atoms with Crippen LogP contribution in [0.3, 0.4) is 0 Å². The molecule has 0 aromatic heterocycles. The molecule has 12 heavy (non-hydrogen) atoms. The predicted molar refractivity (Wildman–Crippen MR) is 46.8 cm³/mol. The molecule has 1 aromatic carbocycles. The van der Waals surface area contributed by atoms with E-state index in [1.54, 1.807) is 13.1 Å². The summed E-state index contributed by atoms with van der Waals surface area (Å²) >= 11 is 2.90. The van der Waals surface area contributed by atoms with E-state index in [1.807, 2.05) is 0 Å². The third-order valence-electron chi connectivity index (χ3n) is 1.48. The number of benzene rings is 1. The summed E-state index contributed by atoms with van der Waals surface area (Å²) in [6.45, 7) is 0.329. The van der Waals surface area contributed by atoms with Gasteiger partial charge < -0.3 is 5.32 Å². The predicted octanol–water partition coefficient (Wildman–Crippen LogP) is 2.45. The van der Waals surface area contributed by atoms with Crippen LogP contribution in [0.2, 0.25) is 0 Å². The first-order valence-corrected chi connectivity index (χ1v) is 4.23. The summed E-state index contributed by atoms with van der Waals surface area (Å²) in [5.41, 5.74) is 0.332. The fraction of sp³-hybridized carbons (Fsp3) is 0.250. The van der Waals surface area contributed by atoms with Gasteiger partial charge in [0.1, 0.15) is 0 Å². The van der Waals surface area contributed by atoms with Crippen molar-refractivity contribution >= 4 is 15.9 Å². The van der Waals surface area contributed by atoms with Gasteiger partial charge in [-0.2, -0.15) is 0 Å². The van der Waals surface area contributed by atoms with Crippen LogP contribution in [0.4, 0.5) is 8.78 Å². The van der Waals surface area contributed by atoms with Crippen molar-refractivity contribution in [1.29, 1.82) is 0 Å². The molecule has 0 radical (unpaired) electrons. The van der Waals surface area contributed by atoms with Gasteiger partial charge >= 0.3 is 0 Å². The second-order valence-electron chi connectivity index (χ2n) is 2.36. The Balaban J connectivity index is 3.08. The smallest absolute Gasteiger partial charge is 0.173 e. The molecule has 0 atom stereocenters. The number of hydrogen-bond donors (Lipinski definition) is 1. The fourth-order valence-electron chi connectivity index (χ4n) is 0.893. The van der Waals surface area contributed by atoms with Crippen molar-refractivity contribution in [2.45, 2.75) is 6.54 Å². The molecule has 0 amide bonds. The van der Waals surface area contributed by atoms with Crippen molar-refractivity contribution in [3.05, 3.63) is 33.8 Å². The number of rotatable bonds is 2. The maximum absolute atomic E-state index is 13.0. The lowest BCUT2D eigenvalue weighted by molar-refractivity contribution is 0.491. The van der Waals surface area contributed by atoms with Crippen LogP contribution in [0.25, 0.3) is 0 Å². The topological polar surface area (TPSA) is 12.0 Å². The van der Waals surface area contributed by atoms with Gasteiger partial charge in [-0.3, -0.25) is 0 Å².